The van der Waals surface area contributed by atoms with E-state index in [9.17, 15) is 14.4 Å². The van der Waals surface area contributed by atoms with E-state index in [1.807, 2.05) is 0 Å². The van der Waals surface area contributed by atoms with Gasteiger partial charge in [0.1, 0.15) is 6.54 Å². The Balaban J connectivity index is 2.63. The second-order valence-corrected chi connectivity index (χ2v) is 4.65. The molecule has 1 rings (SSSR count). The third kappa shape index (κ3) is 5.09. The third-order valence-electron chi connectivity index (χ3n) is 2.58. The van der Waals surface area contributed by atoms with Crippen molar-refractivity contribution in [2.24, 2.45) is 5.92 Å². The number of benzene rings is 1. The summed E-state index contributed by atoms with van der Waals surface area (Å²) in [4.78, 5) is 33.5. The fraction of sp³-hybridized carbons (Fsp3) is 0.357. The molecule has 0 atom stereocenters. The van der Waals surface area contributed by atoms with E-state index in [1.165, 1.54) is 0 Å². The molecule has 0 aromatic heterocycles. The molecule has 0 aliphatic rings. The maximum absolute atomic E-state index is 11.7. The van der Waals surface area contributed by atoms with Crippen LogP contribution in [-0.2, 0) is 16.1 Å². The minimum atomic E-state index is -1.10. The van der Waals surface area contributed by atoms with Gasteiger partial charge in [-0.25, -0.2) is 0 Å². The third-order valence-corrected chi connectivity index (χ3v) is 2.58. The Morgan fingerprint density at radius 1 is 1.20 bits per heavy atom. The fourth-order valence-corrected chi connectivity index (χ4v) is 1.47. The van der Waals surface area contributed by atoms with Gasteiger partial charge in [-0.2, -0.15) is 0 Å². The largest absolute Gasteiger partial charge is 0.480 e. The Hall–Kier alpha value is -2.37. The molecule has 6 nitrogen and oxygen atoms in total. The fourth-order valence-electron chi connectivity index (χ4n) is 1.47. The van der Waals surface area contributed by atoms with Gasteiger partial charge < -0.3 is 15.7 Å². The van der Waals surface area contributed by atoms with Gasteiger partial charge in [0.2, 0.25) is 5.91 Å². The Bertz CT molecular complexity index is 512. The first-order chi connectivity index (χ1) is 9.40. The molecule has 0 saturated carbocycles. The summed E-state index contributed by atoms with van der Waals surface area (Å²) in [6, 6.07) is 6.68. The zero-order chi connectivity index (χ0) is 15.1. The van der Waals surface area contributed by atoms with Gasteiger partial charge >= 0.3 is 5.97 Å². The maximum atomic E-state index is 11.7. The van der Waals surface area contributed by atoms with Gasteiger partial charge in [-0.15, -0.1) is 0 Å². The molecule has 0 heterocycles. The van der Waals surface area contributed by atoms with Gasteiger partial charge in [-0.3, -0.25) is 14.4 Å². The molecule has 0 bridgehead atoms. The average molecular weight is 278 g/mol. The normalized spacial score (nSPS) is 10.2. The lowest BCUT2D eigenvalue weighted by Gasteiger charge is -2.09. The van der Waals surface area contributed by atoms with Gasteiger partial charge in [0.15, 0.2) is 0 Å². The van der Waals surface area contributed by atoms with Crippen molar-refractivity contribution in [1.29, 1.82) is 0 Å². The first-order valence-corrected chi connectivity index (χ1v) is 6.26. The van der Waals surface area contributed by atoms with Gasteiger partial charge in [-0.1, -0.05) is 26.0 Å². The van der Waals surface area contributed by atoms with Crippen LogP contribution in [0.3, 0.4) is 0 Å². The van der Waals surface area contributed by atoms with Crippen molar-refractivity contribution in [2.75, 3.05) is 6.54 Å². The number of nitrogens with one attached hydrogen (secondary N) is 2. The zero-order valence-electron chi connectivity index (χ0n) is 11.5. The summed E-state index contributed by atoms with van der Waals surface area (Å²) in [5, 5.41) is 13.5. The molecule has 6 heteroatoms. The lowest BCUT2D eigenvalue weighted by atomic mass is 10.1. The van der Waals surface area contributed by atoms with E-state index in [-0.39, 0.29) is 11.8 Å². The van der Waals surface area contributed by atoms with Crippen LogP contribution in [0.4, 0.5) is 0 Å². The molecule has 0 aliphatic carbocycles. The number of hydrogen-bond acceptors (Lipinski definition) is 3. The van der Waals surface area contributed by atoms with Crippen LogP contribution in [0.15, 0.2) is 24.3 Å². The summed E-state index contributed by atoms with van der Waals surface area (Å²) >= 11 is 0. The highest BCUT2D eigenvalue weighted by molar-refractivity contribution is 5.95. The highest BCUT2D eigenvalue weighted by Crippen LogP contribution is 2.05. The summed E-state index contributed by atoms with van der Waals surface area (Å²) in [5.41, 5.74) is 1.14. The highest BCUT2D eigenvalue weighted by atomic mass is 16.4. The molecule has 0 unspecified atom stereocenters. The SMILES string of the molecule is CC(C)C(=O)NCc1cccc(C(=O)NCC(=O)O)c1. The number of carboxylic acid groups (broad SMARTS) is 1. The summed E-state index contributed by atoms with van der Waals surface area (Å²) in [7, 11) is 0. The Morgan fingerprint density at radius 2 is 1.90 bits per heavy atom. The van der Waals surface area contributed by atoms with Gasteiger partial charge in [-0.05, 0) is 17.7 Å². The van der Waals surface area contributed by atoms with E-state index in [2.05, 4.69) is 10.6 Å². The molecule has 0 spiro atoms. The van der Waals surface area contributed by atoms with E-state index in [0.29, 0.717) is 12.1 Å². The lowest BCUT2D eigenvalue weighted by Crippen LogP contribution is -2.29. The van der Waals surface area contributed by atoms with Crippen LogP contribution in [0.25, 0.3) is 0 Å². The molecule has 0 fully saturated rings. The van der Waals surface area contributed by atoms with E-state index >= 15 is 0 Å². The zero-order valence-corrected chi connectivity index (χ0v) is 11.5. The molecule has 1 aromatic rings. The highest BCUT2D eigenvalue weighted by Gasteiger charge is 2.09. The number of carbonyl (C=O) groups excluding carboxylic acids is 2. The van der Waals surface area contributed by atoms with Crippen molar-refractivity contribution < 1.29 is 19.5 Å². The van der Waals surface area contributed by atoms with E-state index in [4.69, 9.17) is 5.11 Å². The number of aliphatic carboxylic acids is 1. The molecule has 2 amide bonds. The summed E-state index contributed by atoms with van der Waals surface area (Å²) in [6.45, 7) is 3.50. The maximum Gasteiger partial charge on any atom is 0.322 e. The molecule has 1 aromatic carbocycles. The van der Waals surface area contributed by atoms with Gasteiger partial charge in [0.05, 0.1) is 0 Å². The summed E-state index contributed by atoms with van der Waals surface area (Å²) in [5.74, 6) is -1.72. The van der Waals surface area contributed by atoms with Crippen molar-refractivity contribution in [3.05, 3.63) is 35.4 Å². The van der Waals surface area contributed by atoms with Crippen molar-refractivity contribution in [2.45, 2.75) is 20.4 Å². The molecule has 108 valence electrons. The van der Waals surface area contributed by atoms with E-state index < -0.39 is 18.4 Å². The Labute approximate surface area is 117 Å². The van der Waals surface area contributed by atoms with Crippen LogP contribution in [0.1, 0.15) is 29.8 Å². The molecule has 0 radical (unpaired) electrons. The molecular formula is C14H18N2O4. The molecular weight excluding hydrogens is 260 g/mol. The number of carboxylic acids is 1. The smallest absolute Gasteiger partial charge is 0.322 e. The first-order valence-electron chi connectivity index (χ1n) is 6.26. The summed E-state index contributed by atoms with van der Waals surface area (Å²) < 4.78 is 0. The second kappa shape index (κ2) is 7.28. The molecule has 0 aliphatic heterocycles. The van der Waals surface area contributed by atoms with Gasteiger partial charge in [0, 0.05) is 18.0 Å². The van der Waals surface area contributed by atoms with Crippen LogP contribution in [0, 0.1) is 5.92 Å². The quantitative estimate of drug-likeness (QED) is 0.716. The monoisotopic (exact) mass is 278 g/mol. The van der Waals surface area contributed by atoms with Crippen molar-refractivity contribution in [3.63, 3.8) is 0 Å². The standard InChI is InChI=1S/C14H18N2O4/c1-9(2)13(19)15-7-10-4-3-5-11(6-10)14(20)16-8-12(17)18/h3-6,9H,7-8H2,1-2H3,(H,15,19)(H,16,20)(H,17,18). The van der Waals surface area contributed by atoms with Crippen LogP contribution < -0.4 is 10.6 Å². The van der Waals surface area contributed by atoms with Crippen molar-refractivity contribution in [1.82, 2.24) is 10.6 Å². The van der Waals surface area contributed by atoms with Crippen LogP contribution in [-0.4, -0.2) is 29.4 Å². The van der Waals surface area contributed by atoms with E-state index in [1.54, 1.807) is 38.1 Å². The first kappa shape index (κ1) is 15.7. The minimum absolute atomic E-state index is 0.0641. The topological polar surface area (TPSA) is 95.5 Å². The lowest BCUT2D eigenvalue weighted by molar-refractivity contribution is -0.135. The van der Waals surface area contributed by atoms with Crippen LogP contribution in [0.5, 0.6) is 0 Å². The van der Waals surface area contributed by atoms with Crippen molar-refractivity contribution in [3.8, 4) is 0 Å². The Kier molecular flexibility index (Phi) is 5.71. The average Bonchev–Trinajstić information content (AvgIpc) is 2.42. The summed E-state index contributed by atoms with van der Waals surface area (Å²) in [6.07, 6.45) is 0. The predicted octanol–water partition coefficient (Wildman–Crippen LogP) is 0.773. The van der Waals surface area contributed by atoms with Crippen molar-refractivity contribution >= 4 is 17.8 Å². The number of carbonyl (C=O) groups is 3. The number of rotatable bonds is 6. The van der Waals surface area contributed by atoms with Crippen LogP contribution in [0.2, 0.25) is 0 Å². The molecule has 20 heavy (non-hydrogen) atoms. The van der Waals surface area contributed by atoms with Gasteiger partial charge in [0.25, 0.3) is 5.91 Å². The Morgan fingerprint density at radius 3 is 2.50 bits per heavy atom. The molecule has 3 N–H and O–H groups in total. The number of amides is 2. The molecule has 0 saturated heterocycles. The second-order valence-electron chi connectivity index (χ2n) is 4.65. The predicted molar refractivity (Wildman–Crippen MR) is 73.1 cm³/mol. The van der Waals surface area contributed by atoms with E-state index in [0.717, 1.165) is 5.56 Å². The minimum Gasteiger partial charge on any atom is -0.480 e. The number of hydrogen-bond donors (Lipinski definition) is 3. The van der Waals surface area contributed by atoms with Crippen LogP contribution >= 0.6 is 0 Å².